The van der Waals surface area contributed by atoms with Crippen LogP contribution in [0, 0.1) is 0 Å². The molecule has 1 aliphatic rings. The van der Waals surface area contributed by atoms with Crippen LogP contribution in [-0.4, -0.2) is 50.3 Å². The van der Waals surface area contributed by atoms with E-state index in [1.54, 1.807) is 0 Å². The fraction of sp³-hybridized carbons (Fsp3) is 0.500. The van der Waals surface area contributed by atoms with E-state index in [0.29, 0.717) is 13.2 Å². The first-order valence-corrected chi connectivity index (χ1v) is 6.51. The van der Waals surface area contributed by atoms with E-state index in [1.807, 2.05) is 0 Å². The molecule has 0 amide bonds. The first-order chi connectivity index (χ1) is 7.90. The van der Waals surface area contributed by atoms with Crippen molar-refractivity contribution >= 4 is 15.9 Å². The number of ether oxygens (including phenoxy) is 1. The molecule has 1 saturated heterocycles. The SMILES string of the molecule is C=CC(=O)C1CNCCO1.C=CCS(=O)(=O)[O-].[Na+]. The van der Waals surface area contributed by atoms with E-state index in [4.69, 9.17) is 4.74 Å². The summed E-state index contributed by atoms with van der Waals surface area (Å²) in [7, 11) is -4.04. The summed E-state index contributed by atoms with van der Waals surface area (Å²) in [6.07, 6.45) is 2.06. The maximum Gasteiger partial charge on any atom is 1.00 e. The van der Waals surface area contributed by atoms with Gasteiger partial charge in [-0.25, -0.2) is 8.42 Å². The molecule has 1 aliphatic heterocycles. The smallest absolute Gasteiger partial charge is 0.748 e. The molecule has 1 fully saturated rings. The van der Waals surface area contributed by atoms with Crippen molar-refractivity contribution in [2.75, 3.05) is 25.4 Å². The summed E-state index contributed by atoms with van der Waals surface area (Å²) in [4.78, 5) is 10.9. The van der Waals surface area contributed by atoms with E-state index in [1.165, 1.54) is 6.08 Å². The minimum atomic E-state index is -4.04. The van der Waals surface area contributed by atoms with Gasteiger partial charge in [0.15, 0.2) is 5.78 Å². The van der Waals surface area contributed by atoms with Crippen molar-refractivity contribution in [2.24, 2.45) is 0 Å². The molecule has 0 radical (unpaired) electrons. The van der Waals surface area contributed by atoms with Gasteiger partial charge in [0, 0.05) is 13.1 Å². The van der Waals surface area contributed by atoms with E-state index in [0.717, 1.165) is 12.6 Å². The third kappa shape index (κ3) is 11.1. The van der Waals surface area contributed by atoms with Crippen molar-refractivity contribution in [1.82, 2.24) is 5.32 Å². The maximum absolute atomic E-state index is 10.9. The zero-order valence-electron chi connectivity index (χ0n) is 10.4. The number of hydrogen-bond donors (Lipinski definition) is 1. The normalized spacial score (nSPS) is 18.6. The summed E-state index contributed by atoms with van der Waals surface area (Å²) in [6, 6.07) is 0. The van der Waals surface area contributed by atoms with Crippen LogP contribution in [0.4, 0.5) is 0 Å². The predicted molar refractivity (Wildman–Crippen MR) is 62.6 cm³/mol. The zero-order valence-corrected chi connectivity index (χ0v) is 13.2. The van der Waals surface area contributed by atoms with Crippen LogP contribution in [0.25, 0.3) is 0 Å². The average Bonchev–Trinajstić information content (AvgIpc) is 2.28. The fourth-order valence-corrected chi connectivity index (χ4v) is 1.31. The van der Waals surface area contributed by atoms with Crippen LogP contribution in [0.5, 0.6) is 0 Å². The molecule has 0 saturated carbocycles. The third-order valence-corrected chi connectivity index (χ3v) is 2.41. The van der Waals surface area contributed by atoms with Gasteiger partial charge in [0.25, 0.3) is 0 Å². The molecule has 1 unspecified atom stereocenters. The summed E-state index contributed by atoms with van der Waals surface area (Å²) in [5.41, 5.74) is 0. The van der Waals surface area contributed by atoms with Crippen LogP contribution < -0.4 is 34.9 Å². The second-order valence-corrected chi connectivity index (χ2v) is 4.63. The predicted octanol–water partition coefficient (Wildman–Crippen LogP) is -3.55. The largest absolute Gasteiger partial charge is 1.00 e. The number of carbonyl (C=O) groups excluding carboxylic acids is 1. The second kappa shape index (κ2) is 10.9. The van der Waals surface area contributed by atoms with Crippen molar-refractivity contribution in [3.63, 3.8) is 0 Å². The number of carbonyl (C=O) groups is 1. The average molecular weight is 285 g/mol. The molecule has 0 spiro atoms. The Balaban J connectivity index is 0. The molecule has 1 heterocycles. The van der Waals surface area contributed by atoms with E-state index >= 15 is 0 Å². The van der Waals surface area contributed by atoms with Gasteiger partial charge < -0.3 is 14.6 Å². The molecule has 1 N–H and O–H groups in total. The molecule has 0 aromatic heterocycles. The Morgan fingerprint density at radius 2 is 2.11 bits per heavy atom. The van der Waals surface area contributed by atoms with Gasteiger partial charge in [-0.1, -0.05) is 12.7 Å². The third-order valence-electron chi connectivity index (χ3n) is 1.77. The Bertz CT molecular complexity index is 362. The Kier molecular flexibility index (Phi) is 12.3. The summed E-state index contributed by atoms with van der Waals surface area (Å²) in [5, 5.41) is 3.06. The van der Waals surface area contributed by atoms with Crippen LogP contribution in [-0.2, 0) is 19.6 Å². The van der Waals surface area contributed by atoms with Gasteiger partial charge in [0.05, 0.1) is 22.5 Å². The van der Waals surface area contributed by atoms with Gasteiger partial charge in [-0.15, -0.1) is 6.58 Å². The molecule has 0 bridgehead atoms. The number of hydrogen-bond acceptors (Lipinski definition) is 6. The monoisotopic (exact) mass is 285 g/mol. The standard InChI is InChI=1S/C7H11NO2.C3H6O3S.Na/c1-2-6(9)7-5-8-3-4-10-7;1-2-3-7(4,5)6;/h2,7-8H,1,3-5H2;2H,1,3H2,(H,4,5,6);/q;;+1/p-1. The molecule has 1 atom stereocenters. The Labute approximate surface area is 130 Å². The van der Waals surface area contributed by atoms with Crippen molar-refractivity contribution in [3.05, 3.63) is 25.3 Å². The zero-order chi connectivity index (χ0) is 13.3. The number of morpholine rings is 1. The fourth-order valence-electron chi connectivity index (χ4n) is 1.02. The van der Waals surface area contributed by atoms with Gasteiger partial charge >= 0.3 is 29.6 Å². The van der Waals surface area contributed by atoms with Crippen LogP contribution in [0.1, 0.15) is 0 Å². The quantitative estimate of drug-likeness (QED) is 0.249. The maximum atomic E-state index is 10.9. The summed E-state index contributed by atoms with van der Waals surface area (Å²) in [5.74, 6) is -0.514. The summed E-state index contributed by atoms with van der Waals surface area (Å²) < 4.78 is 34.0. The molecule has 8 heteroatoms. The van der Waals surface area contributed by atoms with Gasteiger partial charge in [0.2, 0.25) is 0 Å². The molecule has 18 heavy (non-hydrogen) atoms. The molecule has 1 rings (SSSR count). The number of rotatable bonds is 4. The van der Waals surface area contributed by atoms with Crippen molar-refractivity contribution in [2.45, 2.75) is 6.10 Å². The molecule has 0 aromatic carbocycles. The van der Waals surface area contributed by atoms with Crippen molar-refractivity contribution in [1.29, 1.82) is 0 Å². The van der Waals surface area contributed by atoms with Crippen LogP contribution in [0.2, 0.25) is 0 Å². The van der Waals surface area contributed by atoms with E-state index in [2.05, 4.69) is 18.5 Å². The van der Waals surface area contributed by atoms with Gasteiger partial charge in [-0.05, 0) is 6.08 Å². The van der Waals surface area contributed by atoms with Crippen LogP contribution in [0.3, 0.4) is 0 Å². The summed E-state index contributed by atoms with van der Waals surface area (Å²) >= 11 is 0. The van der Waals surface area contributed by atoms with Crippen LogP contribution >= 0.6 is 0 Å². The van der Waals surface area contributed by atoms with Crippen molar-refractivity contribution in [3.8, 4) is 0 Å². The molecule has 98 valence electrons. The molecular weight excluding hydrogens is 269 g/mol. The Morgan fingerprint density at radius 1 is 1.50 bits per heavy atom. The molecule has 0 aliphatic carbocycles. The first-order valence-electron chi connectivity index (χ1n) is 4.93. The van der Waals surface area contributed by atoms with Crippen LogP contribution in [0.15, 0.2) is 25.3 Å². The molecule has 0 aromatic rings. The topological polar surface area (TPSA) is 95.5 Å². The molecule has 6 nitrogen and oxygen atoms in total. The summed E-state index contributed by atoms with van der Waals surface area (Å²) in [6.45, 7) is 8.51. The van der Waals surface area contributed by atoms with E-state index in [9.17, 15) is 17.8 Å². The van der Waals surface area contributed by atoms with Crippen molar-refractivity contribution < 1.29 is 52.1 Å². The minimum absolute atomic E-state index is 0. The Morgan fingerprint density at radius 3 is 2.39 bits per heavy atom. The van der Waals surface area contributed by atoms with E-state index < -0.39 is 15.9 Å². The minimum Gasteiger partial charge on any atom is -0.748 e. The second-order valence-electron chi connectivity index (χ2n) is 3.18. The Hall–Kier alpha value is -0.0200. The number of ketones is 1. The first kappa shape index (κ1) is 20.3. The molecular formula is C10H16NNaO5S. The van der Waals surface area contributed by atoms with Gasteiger partial charge in [0.1, 0.15) is 6.10 Å². The van der Waals surface area contributed by atoms with Gasteiger partial charge in [-0.2, -0.15) is 0 Å². The van der Waals surface area contributed by atoms with E-state index in [-0.39, 0.29) is 41.4 Å². The van der Waals surface area contributed by atoms with Gasteiger partial charge in [-0.3, -0.25) is 4.79 Å². The number of nitrogens with one attached hydrogen (secondary N) is 1.